The Kier molecular flexibility index (Phi) is 2.50. The van der Waals surface area contributed by atoms with Crippen LogP contribution in [0.3, 0.4) is 0 Å². The number of sulfonamides is 1. The van der Waals surface area contributed by atoms with Crippen LogP contribution in [0.1, 0.15) is 33.1 Å². The molecule has 0 saturated heterocycles. The van der Waals surface area contributed by atoms with Crippen LogP contribution in [0.15, 0.2) is 0 Å². The van der Waals surface area contributed by atoms with E-state index in [2.05, 4.69) is 13.8 Å². The highest BCUT2D eigenvalue weighted by molar-refractivity contribution is 7.89. The van der Waals surface area contributed by atoms with Crippen molar-refractivity contribution >= 4 is 10.0 Å². The van der Waals surface area contributed by atoms with Gasteiger partial charge in [0.1, 0.15) is 0 Å². The molecule has 0 radical (unpaired) electrons. The molecule has 1 aliphatic carbocycles. The quantitative estimate of drug-likeness (QED) is 0.726. The summed E-state index contributed by atoms with van der Waals surface area (Å²) in [6.45, 7) is 4.15. The lowest BCUT2D eigenvalue weighted by molar-refractivity contribution is 0.0971. The summed E-state index contributed by atoms with van der Waals surface area (Å²) in [5.41, 5.74) is -0.00637. The fraction of sp³-hybridized carbons (Fsp3) is 1.00. The number of nitrogens with two attached hydrogens (primary N) is 1. The van der Waals surface area contributed by atoms with Gasteiger partial charge in [0.2, 0.25) is 10.0 Å². The molecule has 72 valence electrons. The van der Waals surface area contributed by atoms with Crippen molar-refractivity contribution in [1.29, 1.82) is 0 Å². The van der Waals surface area contributed by atoms with E-state index in [9.17, 15) is 8.42 Å². The Morgan fingerprint density at radius 1 is 1.42 bits per heavy atom. The molecule has 3 nitrogen and oxygen atoms in total. The van der Waals surface area contributed by atoms with Crippen molar-refractivity contribution in [1.82, 2.24) is 0 Å². The standard InChI is InChI=1S/C8H17NO2S/c1-7(2)8(4-3-5-8)6-12(9,10)11/h7H,3-6H2,1-2H3,(H2,9,10,11). The molecule has 1 aliphatic rings. The van der Waals surface area contributed by atoms with Gasteiger partial charge in [-0.1, -0.05) is 20.3 Å². The minimum atomic E-state index is -3.29. The van der Waals surface area contributed by atoms with E-state index in [1.54, 1.807) is 0 Å². The largest absolute Gasteiger partial charge is 0.229 e. The van der Waals surface area contributed by atoms with Gasteiger partial charge in [0.15, 0.2) is 0 Å². The van der Waals surface area contributed by atoms with Crippen LogP contribution >= 0.6 is 0 Å². The molecule has 0 aromatic rings. The summed E-state index contributed by atoms with van der Waals surface area (Å²) in [4.78, 5) is 0. The predicted octanol–water partition coefficient (Wildman–Crippen LogP) is 1.10. The Balaban J connectivity index is 2.70. The van der Waals surface area contributed by atoms with Gasteiger partial charge in [0.05, 0.1) is 5.75 Å². The predicted molar refractivity (Wildman–Crippen MR) is 49.1 cm³/mol. The summed E-state index contributed by atoms with van der Waals surface area (Å²) >= 11 is 0. The Bertz CT molecular complexity index is 252. The lowest BCUT2D eigenvalue weighted by Crippen LogP contribution is -2.43. The van der Waals surface area contributed by atoms with Gasteiger partial charge in [-0.05, 0) is 24.2 Å². The molecule has 0 amide bonds. The van der Waals surface area contributed by atoms with Gasteiger partial charge >= 0.3 is 0 Å². The summed E-state index contributed by atoms with van der Waals surface area (Å²) < 4.78 is 21.8. The molecule has 0 unspecified atom stereocenters. The van der Waals surface area contributed by atoms with Crippen LogP contribution in [0.2, 0.25) is 0 Å². The van der Waals surface area contributed by atoms with Gasteiger partial charge in [-0.3, -0.25) is 0 Å². The van der Waals surface area contributed by atoms with Gasteiger partial charge in [0, 0.05) is 0 Å². The molecule has 12 heavy (non-hydrogen) atoms. The molecule has 0 bridgehead atoms. The van der Waals surface area contributed by atoms with Crippen molar-refractivity contribution < 1.29 is 8.42 Å². The van der Waals surface area contributed by atoms with E-state index in [1.165, 1.54) is 0 Å². The molecule has 0 atom stereocenters. The molecule has 4 heteroatoms. The third-order valence-corrected chi connectivity index (χ3v) is 4.04. The minimum Gasteiger partial charge on any atom is -0.229 e. The van der Waals surface area contributed by atoms with E-state index in [-0.39, 0.29) is 11.2 Å². The maximum absolute atomic E-state index is 10.9. The van der Waals surface area contributed by atoms with E-state index in [0.717, 1.165) is 19.3 Å². The van der Waals surface area contributed by atoms with E-state index in [1.807, 2.05) is 0 Å². The minimum absolute atomic E-state index is 0.00637. The van der Waals surface area contributed by atoms with Crippen LogP contribution in [0.25, 0.3) is 0 Å². The molecule has 1 saturated carbocycles. The molecule has 2 N–H and O–H groups in total. The Morgan fingerprint density at radius 2 is 1.92 bits per heavy atom. The molecular weight excluding hydrogens is 174 g/mol. The Hall–Kier alpha value is -0.0900. The second-order valence-corrected chi connectivity index (χ2v) is 5.79. The van der Waals surface area contributed by atoms with E-state index < -0.39 is 10.0 Å². The van der Waals surface area contributed by atoms with Gasteiger partial charge in [-0.25, -0.2) is 13.6 Å². The molecule has 0 spiro atoms. The fourth-order valence-corrected chi connectivity index (χ4v) is 3.34. The van der Waals surface area contributed by atoms with Crippen molar-refractivity contribution in [2.24, 2.45) is 16.5 Å². The van der Waals surface area contributed by atoms with Crippen molar-refractivity contribution in [2.75, 3.05) is 5.75 Å². The Morgan fingerprint density at radius 3 is 2.00 bits per heavy atom. The zero-order valence-corrected chi connectivity index (χ0v) is 8.52. The van der Waals surface area contributed by atoms with E-state index >= 15 is 0 Å². The zero-order chi connectivity index (χ0) is 9.41. The first-order valence-corrected chi connectivity index (χ1v) is 6.08. The van der Waals surface area contributed by atoms with E-state index in [4.69, 9.17) is 5.14 Å². The van der Waals surface area contributed by atoms with Crippen LogP contribution in [0.5, 0.6) is 0 Å². The van der Waals surface area contributed by atoms with Crippen LogP contribution < -0.4 is 5.14 Å². The average Bonchev–Trinajstić information content (AvgIpc) is 1.75. The number of hydrogen-bond acceptors (Lipinski definition) is 2. The van der Waals surface area contributed by atoms with Crippen LogP contribution in [0.4, 0.5) is 0 Å². The highest BCUT2D eigenvalue weighted by Crippen LogP contribution is 2.47. The highest BCUT2D eigenvalue weighted by atomic mass is 32.2. The molecule has 1 fully saturated rings. The monoisotopic (exact) mass is 191 g/mol. The second kappa shape index (κ2) is 3.00. The maximum Gasteiger partial charge on any atom is 0.209 e. The van der Waals surface area contributed by atoms with Crippen molar-refractivity contribution in [3.05, 3.63) is 0 Å². The highest BCUT2D eigenvalue weighted by Gasteiger charge is 2.42. The molecule has 0 aromatic carbocycles. The number of primary sulfonamides is 1. The molecule has 1 rings (SSSR count). The van der Waals surface area contributed by atoms with E-state index in [0.29, 0.717) is 5.92 Å². The topological polar surface area (TPSA) is 60.2 Å². The summed E-state index contributed by atoms with van der Waals surface area (Å²) in [6, 6.07) is 0. The SMILES string of the molecule is CC(C)C1(CS(N)(=O)=O)CCC1. The van der Waals surface area contributed by atoms with Crippen molar-refractivity contribution in [3.63, 3.8) is 0 Å². The second-order valence-electron chi connectivity index (χ2n) is 4.18. The van der Waals surface area contributed by atoms with Crippen molar-refractivity contribution in [2.45, 2.75) is 33.1 Å². The van der Waals surface area contributed by atoms with Gasteiger partial charge < -0.3 is 0 Å². The summed E-state index contributed by atoms with van der Waals surface area (Å²) in [6.07, 6.45) is 3.18. The van der Waals surface area contributed by atoms with Crippen LogP contribution in [-0.2, 0) is 10.0 Å². The first kappa shape index (κ1) is 9.99. The first-order valence-electron chi connectivity index (χ1n) is 4.36. The first-order chi connectivity index (χ1) is 5.36. The smallest absolute Gasteiger partial charge is 0.209 e. The van der Waals surface area contributed by atoms with Gasteiger partial charge in [-0.15, -0.1) is 0 Å². The maximum atomic E-state index is 10.9. The normalized spacial score (nSPS) is 22.3. The molecule has 0 aromatic heterocycles. The van der Waals surface area contributed by atoms with Gasteiger partial charge in [0.25, 0.3) is 0 Å². The lowest BCUT2D eigenvalue weighted by atomic mass is 9.63. The number of hydrogen-bond donors (Lipinski definition) is 1. The Labute approximate surface area is 74.4 Å². The van der Waals surface area contributed by atoms with Crippen LogP contribution in [0, 0.1) is 11.3 Å². The summed E-state index contributed by atoms with van der Waals surface area (Å²) in [5.74, 6) is 0.585. The van der Waals surface area contributed by atoms with Gasteiger partial charge in [-0.2, -0.15) is 0 Å². The zero-order valence-electron chi connectivity index (χ0n) is 7.71. The fourth-order valence-electron chi connectivity index (χ4n) is 1.92. The third kappa shape index (κ3) is 1.98. The average molecular weight is 191 g/mol. The summed E-state index contributed by atoms with van der Waals surface area (Å²) in [7, 11) is -3.29. The molecule has 0 heterocycles. The lowest BCUT2D eigenvalue weighted by Gasteiger charge is -2.44. The third-order valence-electron chi connectivity index (χ3n) is 3.06. The molecule has 0 aliphatic heterocycles. The summed E-state index contributed by atoms with van der Waals surface area (Å²) in [5, 5.41) is 5.04. The van der Waals surface area contributed by atoms with Crippen molar-refractivity contribution in [3.8, 4) is 0 Å². The number of rotatable bonds is 3. The van der Waals surface area contributed by atoms with Crippen LogP contribution in [-0.4, -0.2) is 14.2 Å². The molecular formula is C8H17NO2S.